The van der Waals surface area contributed by atoms with Crippen LogP contribution in [0.2, 0.25) is 0 Å². The lowest BCUT2D eigenvalue weighted by molar-refractivity contribution is 0.825. The Labute approximate surface area is 90.0 Å². The molecule has 74 valence electrons. The maximum Gasteiger partial charge on any atom is 0.0716 e. The molecule has 0 saturated heterocycles. The second kappa shape index (κ2) is 4.14. The van der Waals surface area contributed by atoms with Gasteiger partial charge in [0.2, 0.25) is 0 Å². The van der Waals surface area contributed by atoms with Crippen molar-refractivity contribution in [3.8, 4) is 6.07 Å². The molecule has 0 saturated carbocycles. The van der Waals surface area contributed by atoms with Gasteiger partial charge in [-0.15, -0.1) is 0 Å². The molecule has 2 rings (SSSR count). The number of benzene rings is 2. The number of rotatable bonds is 2. The average Bonchev–Trinajstić information content (AvgIpc) is 2.31. The van der Waals surface area contributed by atoms with Crippen molar-refractivity contribution in [3.63, 3.8) is 0 Å². The second-order valence-corrected chi connectivity index (χ2v) is 3.66. The van der Waals surface area contributed by atoms with E-state index in [1.165, 1.54) is 10.8 Å². The van der Waals surface area contributed by atoms with Gasteiger partial charge in [0, 0.05) is 0 Å². The van der Waals surface area contributed by atoms with Gasteiger partial charge in [-0.2, -0.15) is 5.26 Å². The standard InChI is InChI=1S/C14H13N/c1-2-11(10-15)13-9-5-7-12-6-3-4-8-14(12)13/h3-9,11H,2H2,1H3. The highest BCUT2D eigenvalue weighted by Crippen LogP contribution is 2.26. The lowest BCUT2D eigenvalue weighted by Crippen LogP contribution is -1.94. The molecule has 1 heteroatoms. The summed E-state index contributed by atoms with van der Waals surface area (Å²) in [5, 5.41) is 11.5. The number of fused-ring (bicyclic) bond motifs is 1. The summed E-state index contributed by atoms with van der Waals surface area (Å²) in [6.07, 6.45) is 0.866. The van der Waals surface area contributed by atoms with Crippen LogP contribution >= 0.6 is 0 Å². The van der Waals surface area contributed by atoms with E-state index in [2.05, 4.69) is 37.3 Å². The maximum atomic E-state index is 9.09. The van der Waals surface area contributed by atoms with Crippen molar-refractivity contribution in [2.75, 3.05) is 0 Å². The summed E-state index contributed by atoms with van der Waals surface area (Å²) in [6, 6.07) is 16.8. The fraction of sp³-hybridized carbons (Fsp3) is 0.214. The van der Waals surface area contributed by atoms with Gasteiger partial charge < -0.3 is 0 Å². The molecule has 0 aliphatic heterocycles. The van der Waals surface area contributed by atoms with Crippen LogP contribution in [-0.2, 0) is 0 Å². The zero-order valence-electron chi connectivity index (χ0n) is 8.77. The monoisotopic (exact) mass is 195 g/mol. The molecule has 0 aliphatic carbocycles. The minimum atomic E-state index is 0.0103. The normalized spacial score (nSPS) is 12.3. The van der Waals surface area contributed by atoms with Gasteiger partial charge in [-0.3, -0.25) is 0 Å². The molecular weight excluding hydrogens is 182 g/mol. The third kappa shape index (κ3) is 1.71. The van der Waals surface area contributed by atoms with Crippen LogP contribution in [-0.4, -0.2) is 0 Å². The lowest BCUT2D eigenvalue weighted by atomic mass is 9.93. The van der Waals surface area contributed by atoms with Gasteiger partial charge in [-0.05, 0) is 22.8 Å². The molecular formula is C14H13N. The van der Waals surface area contributed by atoms with E-state index in [0.29, 0.717) is 0 Å². The minimum Gasteiger partial charge on any atom is -0.198 e. The number of hydrogen-bond donors (Lipinski definition) is 0. The number of hydrogen-bond acceptors (Lipinski definition) is 1. The van der Waals surface area contributed by atoms with E-state index in [1.807, 2.05) is 18.2 Å². The van der Waals surface area contributed by atoms with Crippen molar-refractivity contribution in [2.45, 2.75) is 19.3 Å². The highest BCUT2D eigenvalue weighted by molar-refractivity contribution is 5.86. The summed E-state index contributed by atoms with van der Waals surface area (Å²) >= 11 is 0. The van der Waals surface area contributed by atoms with Crippen LogP contribution in [0, 0.1) is 11.3 Å². The SMILES string of the molecule is CCC(C#N)c1cccc2ccccc12. The zero-order valence-corrected chi connectivity index (χ0v) is 8.77. The lowest BCUT2D eigenvalue weighted by Gasteiger charge is -2.09. The highest BCUT2D eigenvalue weighted by Gasteiger charge is 2.10. The van der Waals surface area contributed by atoms with Crippen LogP contribution in [0.1, 0.15) is 24.8 Å². The van der Waals surface area contributed by atoms with Crippen LogP contribution in [0.5, 0.6) is 0 Å². The van der Waals surface area contributed by atoms with Crippen molar-refractivity contribution in [2.24, 2.45) is 0 Å². The van der Waals surface area contributed by atoms with Crippen molar-refractivity contribution < 1.29 is 0 Å². The predicted octanol–water partition coefficient (Wildman–Crippen LogP) is 3.86. The van der Waals surface area contributed by atoms with Crippen molar-refractivity contribution in [1.82, 2.24) is 0 Å². The molecule has 2 aromatic carbocycles. The predicted molar refractivity (Wildman–Crippen MR) is 62.6 cm³/mol. The van der Waals surface area contributed by atoms with Gasteiger partial charge in [0.25, 0.3) is 0 Å². The Morgan fingerprint density at radius 3 is 2.60 bits per heavy atom. The summed E-state index contributed by atoms with van der Waals surface area (Å²) < 4.78 is 0. The molecule has 0 aliphatic rings. The second-order valence-electron chi connectivity index (χ2n) is 3.66. The molecule has 1 atom stereocenters. The Hall–Kier alpha value is -1.81. The fourth-order valence-electron chi connectivity index (χ4n) is 1.94. The summed E-state index contributed by atoms with van der Waals surface area (Å²) in [4.78, 5) is 0. The van der Waals surface area contributed by atoms with Crippen molar-refractivity contribution >= 4 is 10.8 Å². The molecule has 0 aromatic heterocycles. The van der Waals surface area contributed by atoms with Crippen molar-refractivity contribution in [1.29, 1.82) is 5.26 Å². The fourth-order valence-corrected chi connectivity index (χ4v) is 1.94. The van der Waals surface area contributed by atoms with E-state index in [9.17, 15) is 0 Å². The van der Waals surface area contributed by atoms with E-state index in [-0.39, 0.29) is 5.92 Å². The Kier molecular flexibility index (Phi) is 2.69. The highest BCUT2D eigenvalue weighted by atomic mass is 14.3. The van der Waals surface area contributed by atoms with E-state index in [0.717, 1.165) is 12.0 Å². The minimum absolute atomic E-state index is 0.0103. The van der Waals surface area contributed by atoms with Gasteiger partial charge >= 0.3 is 0 Å². The first-order valence-corrected chi connectivity index (χ1v) is 5.24. The smallest absolute Gasteiger partial charge is 0.0716 e. The summed E-state index contributed by atoms with van der Waals surface area (Å²) in [5.41, 5.74) is 1.15. The van der Waals surface area contributed by atoms with Gasteiger partial charge in [0.05, 0.1) is 12.0 Å². The van der Waals surface area contributed by atoms with Crippen LogP contribution in [0.4, 0.5) is 0 Å². The maximum absolute atomic E-state index is 9.09. The summed E-state index contributed by atoms with van der Waals surface area (Å²) in [5.74, 6) is 0.0103. The first-order valence-electron chi connectivity index (χ1n) is 5.24. The Balaban J connectivity index is 2.66. The molecule has 0 spiro atoms. The number of nitriles is 1. The molecule has 1 unspecified atom stereocenters. The third-order valence-electron chi connectivity index (χ3n) is 2.76. The Morgan fingerprint density at radius 1 is 1.13 bits per heavy atom. The van der Waals surface area contributed by atoms with Crippen LogP contribution in [0.15, 0.2) is 42.5 Å². The molecule has 15 heavy (non-hydrogen) atoms. The molecule has 0 heterocycles. The average molecular weight is 195 g/mol. The first kappa shape index (κ1) is 9.73. The van der Waals surface area contributed by atoms with E-state index in [4.69, 9.17) is 5.26 Å². The quantitative estimate of drug-likeness (QED) is 0.713. The molecule has 0 amide bonds. The van der Waals surface area contributed by atoms with Gasteiger partial charge in [0.1, 0.15) is 0 Å². The Morgan fingerprint density at radius 2 is 1.87 bits per heavy atom. The molecule has 0 fully saturated rings. The molecule has 0 radical (unpaired) electrons. The topological polar surface area (TPSA) is 23.8 Å². The third-order valence-corrected chi connectivity index (χ3v) is 2.76. The van der Waals surface area contributed by atoms with Gasteiger partial charge in [0.15, 0.2) is 0 Å². The van der Waals surface area contributed by atoms with Crippen molar-refractivity contribution in [3.05, 3.63) is 48.0 Å². The van der Waals surface area contributed by atoms with Gasteiger partial charge in [-0.1, -0.05) is 49.4 Å². The van der Waals surface area contributed by atoms with Gasteiger partial charge in [-0.25, -0.2) is 0 Å². The number of nitrogens with zero attached hydrogens (tertiary/aromatic N) is 1. The zero-order chi connectivity index (χ0) is 10.7. The van der Waals surface area contributed by atoms with E-state index < -0.39 is 0 Å². The molecule has 0 bridgehead atoms. The van der Waals surface area contributed by atoms with E-state index >= 15 is 0 Å². The van der Waals surface area contributed by atoms with Crippen LogP contribution < -0.4 is 0 Å². The summed E-state index contributed by atoms with van der Waals surface area (Å²) in [6.45, 7) is 2.05. The largest absolute Gasteiger partial charge is 0.198 e. The van der Waals surface area contributed by atoms with Crippen LogP contribution in [0.3, 0.4) is 0 Å². The Bertz CT molecular complexity index is 503. The first-order chi connectivity index (χ1) is 7.36. The van der Waals surface area contributed by atoms with E-state index in [1.54, 1.807) is 0 Å². The van der Waals surface area contributed by atoms with Crippen LogP contribution in [0.25, 0.3) is 10.8 Å². The molecule has 2 aromatic rings. The molecule has 0 N–H and O–H groups in total. The molecule has 1 nitrogen and oxygen atoms in total. The summed E-state index contributed by atoms with van der Waals surface area (Å²) in [7, 11) is 0.